The van der Waals surface area contributed by atoms with Crippen LogP contribution in [0.3, 0.4) is 0 Å². The molecule has 1 atom stereocenters. The molecule has 5 rings (SSSR count). The van der Waals surface area contributed by atoms with Gasteiger partial charge in [0.2, 0.25) is 0 Å². The Hall–Kier alpha value is -3.80. The van der Waals surface area contributed by atoms with E-state index in [2.05, 4.69) is 10.3 Å². The van der Waals surface area contributed by atoms with Crippen LogP contribution < -0.4 is 5.32 Å². The molecule has 0 radical (unpaired) electrons. The maximum atomic E-state index is 14.8. The van der Waals surface area contributed by atoms with Gasteiger partial charge in [0.25, 0.3) is 11.8 Å². The fourth-order valence-corrected chi connectivity index (χ4v) is 5.94. The molecule has 3 heterocycles. The summed E-state index contributed by atoms with van der Waals surface area (Å²) in [5.74, 6) is -4.95. The number of nitrogens with zero attached hydrogens (tertiary/aromatic N) is 3. The zero-order valence-corrected chi connectivity index (χ0v) is 25.1. The van der Waals surface area contributed by atoms with E-state index in [0.717, 1.165) is 29.3 Å². The van der Waals surface area contributed by atoms with Gasteiger partial charge in [-0.3, -0.25) is 19.6 Å². The van der Waals surface area contributed by atoms with Crippen molar-refractivity contribution in [1.82, 2.24) is 15.0 Å². The van der Waals surface area contributed by atoms with Crippen molar-refractivity contribution in [3.63, 3.8) is 0 Å². The van der Waals surface area contributed by atoms with E-state index in [4.69, 9.17) is 0 Å². The van der Waals surface area contributed by atoms with E-state index in [1.54, 1.807) is 22.6 Å². The van der Waals surface area contributed by atoms with Crippen molar-refractivity contribution < 1.29 is 49.8 Å². The van der Waals surface area contributed by atoms with Gasteiger partial charge < -0.3 is 10.4 Å². The first kappa shape index (κ1) is 32.6. The maximum Gasteiger partial charge on any atom is 0.433 e. The number of carbonyl (C=O) groups excluding carboxylic acids is 2. The average Bonchev–Trinajstić information content (AvgIpc) is 3.34. The lowest BCUT2D eigenvalue weighted by molar-refractivity contribution is -0.160. The minimum atomic E-state index is -4.86. The SMILES string of the molecule is C[C@]12CCCN1N(Cc1c(F)cc(I)cc1F)C(=O)C(C(=O)Nc1ccc(C(F)(F)F)cc1-c1ccc(C(F)(F)F)nc1)=C2O. The lowest BCUT2D eigenvalue weighted by Crippen LogP contribution is -2.60. The zero-order chi connectivity index (χ0) is 33.1. The normalized spacial score (nSPS) is 19.2. The summed E-state index contributed by atoms with van der Waals surface area (Å²) in [5.41, 5.74) is -6.08. The Morgan fingerprint density at radius 3 is 2.29 bits per heavy atom. The number of benzene rings is 2. The first-order valence-electron chi connectivity index (χ1n) is 13.1. The highest BCUT2D eigenvalue weighted by Gasteiger charge is 2.53. The standard InChI is InChI=1S/C29H21F8IN4O3/c1-27-7-2-8-42(27)41(13-18-19(30)10-16(38)11-20(18)31)26(45)23(24(27)43)25(44)40-21-5-4-15(28(32,33)34)9-17(21)14-3-6-22(39-12-14)29(35,36)37/h3-6,9-12,43H,2,7-8,13H2,1H3,(H,40,44)/t27-/m1/s1. The van der Waals surface area contributed by atoms with Crippen molar-refractivity contribution in [3.8, 4) is 11.1 Å². The van der Waals surface area contributed by atoms with E-state index >= 15 is 0 Å². The van der Waals surface area contributed by atoms with Crippen molar-refractivity contribution >= 4 is 40.1 Å². The third-order valence-corrected chi connectivity index (χ3v) is 8.31. The highest BCUT2D eigenvalue weighted by atomic mass is 127. The summed E-state index contributed by atoms with van der Waals surface area (Å²) in [6.07, 6.45) is -8.34. The van der Waals surface area contributed by atoms with Crippen LogP contribution in [0.4, 0.5) is 40.8 Å². The van der Waals surface area contributed by atoms with E-state index in [1.165, 1.54) is 11.9 Å². The van der Waals surface area contributed by atoms with E-state index in [1.807, 2.05) is 0 Å². The number of fused-ring (bicyclic) bond motifs is 1. The fourth-order valence-electron chi connectivity index (χ4n) is 5.39. The number of aliphatic hydroxyl groups is 1. The van der Waals surface area contributed by atoms with Gasteiger partial charge in [-0.25, -0.2) is 13.8 Å². The summed E-state index contributed by atoms with van der Waals surface area (Å²) in [4.78, 5) is 30.6. The van der Waals surface area contributed by atoms with Crippen LogP contribution in [0.5, 0.6) is 0 Å². The van der Waals surface area contributed by atoms with Gasteiger partial charge in [-0.2, -0.15) is 26.3 Å². The molecule has 1 saturated heterocycles. The topological polar surface area (TPSA) is 85.8 Å². The van der Waals surface area contributed by atoms with Crippen LogP contribution in [0.1, 0.15) is 36.6 Å². The summed E-state index contributed by atoms with van der Waals surface area (Å²) >= 11 is 1.71. The van der Waals surface area contributed by atoms with E-state index in [9.17, 15) is 49.8 Å². The van der Waals surface area contributed by atoms with E-state index in [-0.39, 0.29) is 33.4 Å². The number of hydrazine groups is 1. The molecule has 0 bridgehead atoms. The monoisotopic (exact) mass is 752 g/mol. The number of hydrogen-bond acceptors (Lipinski definition) is 5. The Labute approximate surface area is 263 Å². The largest absolute Gasteiger partial charge is 0.509 e. The summed E-state index contributed by atoms with van der Waals surface area (Å²) in [7, 11) is 0. The van der Waals surface area contributed by atoms with Crippen LogP contribution in [0.2, 0.25) is 0 Å². The molecular formula is C29H21F8IN4O3. The molecule has 0 aliphatic carbocycles. The lowest BCUT2D eigenvalue weighted by Gasteiger charge is -2.46. The molecule has 1 aromatic heterocycles. The van der Waals surface area contributed by atoms with Gasteiger partial charge in [0.05, 0.1) is 17.6 Å². The first-order valence-corrected chi connectivity index (χ1v) is 14.2. The summed E-state index contributed by atoms with van der Waals surface area (Å²) < 4.78 is 110. The fraction of sp³-hybridized carbons (Fsp3) is 0.276. The van der Waals surface area contributed by atoms with Crippen LogP contribution in [0, 0.1) is 15.2 Å². The molecule has 0 unspecified atom stereocenters. The number of carbonyl (C=O) groups is 2. The number of amides is 2. The second-order valence-corrected chi connectivity index (χ2v) is 11.8. The third-order valence-electron chi connectivity index (χ3n) is 7.69. The third kappa shape index (κ3) is 6.08. The maximum absolute atomic E-state index is 14.8. The second kappa shape index (κ2) is 11.5. The molecule has 2 aliphatic rings. The molecule has 2 aromatic carbocycles. The van der Waals surface area contributed by atoms with Gasteiger partial charge >= 0.3 is 12.4 Å². The highest BCUT2D eigenvalue weighted by molar-refractivity contribution is 14.1. The van der Waals surface area contributed by atoms with Gasteiger partial charge in [-0.1, -0.05) is 6.07 Å². The van der Waals surface area contributed by atoms with Crippen LogP contribution >= 0.6 is 22.6 Å². The number of anilines is 1. The number of hydrogen-bond donors (Lipinski definition) is 2. The quantitative estimate of drug-likeness (QED) is 0.163. The molecule has 238 valence electrons. The van der Waals surface area contributed by atoms with Gasteiger partial charge in [0.1, 0.15) is 28.7 Å². The van der Waals surface area contributed by atoms with Crippen molar-refractivity contribution in [2.75, 3.05) is 11.9 Å². The molecular weight excluding hydrogens is 731 g/mol. The van der Waals surface area contributed by atoms with Gasteiger partial charge in [-0.15, -0.1) is 0 Å². The van der Waals surface area contributed by atoms with E-state index < -0.39 is 76.0 Å². The van der Waals surface area contributed by atoms with Crippen molar-refractivity contribution in [2.45, 2.75) is 44.2 Å². The van der Waals surface area contributed by atoms with Crippen molar-refractivity contribution in [3.05, 3.63) is 92.0 Å². The molecule has 3 aromatic rings. The van der Waals surface area contributed by atoms with Gasteiger partial charge in [-0.05, 0) is 78.8 Å². The Morgan fingerprint density at radius 1 is 1.04 bits per heavy atom. The summed E-state index contributed by atoms with van der Waals surface area (Å²) in [6, 6.07) is 5.58. The van der Waals surface area contributed by atoms with Gasteiger partial charge in [0, 0.05) is 38.7 Å². The molecule has 2 N–H and O–H groups in total. The van der Waals surface area contributed by atoms with E-state index in [0.29, 0.717) is 30.8 Å². The molecule has 16 heteroatoms. The van der Waals surface area contributed by atoms with Crippen LogP contribution in [-0.2, 0) is 28.5 Å². The second-order valence-electron chi connectivity index (χ2n) is 10.6. The minimum absolute atomic E-state index is 0.193. The molecule has 1 fully saturated rings. The number of pyridine rings is 1. The molecule has 0 saturated carbocycles. The summed E-state index contributed by atoms with van der Waals surface area (Å²) in [6.45, 7) is 1.06. The number of aliphatic hydroxyl groups excluding tert-OH is 1. The van der Waals surface area contributed by atoms with Crippen LogP contribution in [0.25, 0.3) is 11.1 Å². The lowest BCUT2D eigenvalue weighted by atomic mass is 9.90. The number of alkyl halides is 6. The number of rotatable bonds is 5. The average molecular weight is 752 g/mol. The molecule has 2 aliphatic heterocycles. The molecule has 2 amide bonds. The Morgan fingerprint density at radius 2 is 1.71 bits per heavy atom. The Kier molecular flexibility index (Phi) is 8.35. The summed E-state index contributed by atoms with van der Waals surface area (Å²) in [5, 5.41) is 15.8. The van der Waals surface area contributed by atoms with Gasteiger partial charge in [0.15, 0.2) is 0 Å². The predicted octanol–water partition coefficient (Wildman–Crippen LogP) is 7.23. The number of nitrogens with one attached hydrogen (secondary N) is 1. The predicted molar refractivity (Wildman–Crippen MR) is 152 cm³/mol. The number of aromatic nitrogens is 1. The Balaban J connectivity index is 1.55. The highest BCUT2D eigenvalue weighted by Crippen LogP contribution is 2.43. The number of halogens is 9. The van der Waals surface area contributed by atoms with Crippen LogP contribution in [-0.4, -0.2) is 44.0 Å². The van der Waals surface area contributed by atoms with Crippen molar-refractivity contribution in [2.24, 2.45) is 0 Å². The molecule has 45 heavy (non-hydrogen) atoms. The molecule has 0 spiro atoms. The zero-order valence-electron chi connectivity index (χ0n) is 23.0. The smallest absolute Gasteiger partial charge is 0.433 e. The molecule has 7 nitrogen and oxygen atoms in total. The first-order chi connectivity index (χ1) is 20.9. The van der Waals surface area contributed by atoms with Crippen molar-refractivity contribution in [1.29, 1.82) is 0 Å². The van der Waals surface area contributed by atoms with Crippen LogP contribution in [0.15, 0.2) is 60.0 Å². The minimum Gasteiger partial charge on any atom is -0.509 e. The Bertz CT molecular complexity index is 1700.